The number of methoxy groups -OCH3 is 1. The molecule has 0 radical (unpaired) electrons. The van der Waals surface area contributed by atoms with E-state index in [2.05, 4.69) is 10.3 Å². The number of benzene rings is 1. The Labute approximate surface area is 205 Å². The summed E-state index contributed by atoms with van der Waals surface area (Å²) in [5, 5.41) is 5.68. The van der Waals surface area contributed by atoms with Crippen molar-refractivity contribution in [2.75, 3.05) is 13.7 Å². The molecule has 7 nitrogen and oxygen atoms in total. The zero-order valence-corrected chi connectivity index (χ0v) is 20.4. The van der Waals surface area contributed by atoms with E-state index in [1.54, 1.807) is 18.5 Å². The Morgan fingerprint density at radius 3 is 2.69 bits per heavy atom. The molecule has 1 aliphatic carbocycles. The van der Waals surface area contributed by atoms with Gasteiger partial charge in [0.15, 0.2) is 22.5 Å². The van der Waals surface area contributed by atoms with Crippen molar-refractivity contribution in [3.05, 3.63) is 74.4 Å². The first kappa shape index (κ1) is 24.7. The van der Waals surface area contributed by atoms with Crippen molar-refractivity contribution >= 4 is 29.1 Å². The normalized spacial score (nSPS) is 20.0. The highest BCUT2D eigenvalue weighted by molar-refractivity contribution is 7.11. The highest BCUT2D eigenvalue weighted by Gasteiger charge is 2.37. The van der Waals surface area contributed by atoms with Gasteiger partial charge in [-0.3, -0.25) is 4.99 Å². The number of esters is 2. The summed E-state index contributed by atoms with van der Waals surface area (Å²) < 4.78 is 38.7. The number of thiazole rings is 1. The van der Waals surface area contributed by atoms with Crippen LogP contribution in [0.5, 0.6) is 0 Å². The molecule has 0 amide bonds. The van der Waals surface area contributed by atoms with Gasteiger partial charge in [0, 0.05) is 28.8 Å². The number of ether oxygens (including phenoxy) is 2. The predicted octanol–water partition coefficient (Wildman–Crippen LogP) is 4.54. The number of nitrogens with zero attached hydrogens (tertiary/aromatic N) is 2. The first-order valence-corrected chi connectivity index (χ1v) is 12.1. The second-order valence-electron chi connectivity index (χ2n) is 8.16. The van der Waals surface area contributed by atoms with Gasteiger partial charge in [-0.25, -0.2) is 23.4 Å². The van der Waals surface area contributed by atoms with E-state index < -0.39 is 23.6 Å². The Morgan fingerprint density at radius 2 is 2.06 bits per heavy atom. The lowest BCUT2D eigenvalue weighted by Gasteiger charge is -2.33. The number of rotatable bonds is 6. The molecule has 184 valence electrons. The molecule has 0 saturated heterocycles. The van der Waals surface area contributed by atoms with Crippen molar-refractivity contribution in [2.45, 2.75) is 39.2 Å². The molecule has 2 heterocycles. The van der Waals surface area contributed by atoms with Gasteiger partial charge in [-0.2, -0.15) is 0 Å². The van der Waals surface area contributed by atoms with Gasteiger partial charge in [0.2, 0.25) is 0 Å². The molecule has 1 aromatic heterocycles. The van der Waals surface area contributed by atoms with E-state index in [9.17, 15) is 18.4 Å². The fourth-order valence-corrected chi connectivity index (χ4v) is 4.96. The van der Waals surface area contributed by atoms with E-state index in [4.69, 9.17) is 14.5 Å². The number of carbonyl (C=O) groups excluding carboxylic acids is 2. The molecule has 4 rings (SSSR count). The van der Waals surface area contributed by atoms with E-state index in [-0.39, 0.29) is 29.6 Å². The lowest BCUT2D eigenvalue weighted by Crippen LogP contribution is -2.37. The topological polar surface area (TPSA) is 89.9 Å². The Hall–Kier alpha value is -3.40. The fourth-order valence-electron chi connectivity index (χ4n) is 4.37. The van der Waals surface area contributed by atoms with Crippen molar-refractivity contribution < 1.29 is 27.8 Å². The first-order chi connectivity index (χ1) is 16.8. The first-order valence-electron chi connectivity index (χ1n) is 11.2. The zero-order valence-electron chi connectivity index (χ0n) is 19.6. The van der Waals surface area contributed by atoms with Crippen molar-refractivity contribution in [2.24, 2.45) is 10.9 Å². The zero-order chi connectivity index (χ0) is 25.1. The van der Waals surface area contributed by atoms with Crippen molar-refractivity contribution in [3.8, 4) is 0 Å². The second-order valence-corrected chi connectivity index (χ2v) is 9.05. The van der Waals surface area contributed by atoms with Crippen LogP contribution in [0.4, 0.5) is 8.78 Å². The molecule has 2 aliphatic rings. The minimum atomic E-state index is -0.986. The summed E-state index contributed by atoms with van der Waals surface area (Å²) in [4.78, 5) is 34.3. The average molecular weight is 502 g/mol. The third-order valence-electron chi connectivity index (χ3n) is 6.15. The molecule has 0 saturated carbocycles. The number of aromatic nitrogens is 1. The van der Waals surface area contributed by atoms with E-state index in [1.807, 2.05) is 6.08 Å². The molecule has 35 heavy (non-hydrogen) atoms. The van der Waals surface area contributed by atoms with E-state index >= 15 is 0 Å². The third kappa shape index (κ3) is 4.88. The van der Waals surface area contributed by atoms with Crippen LogP contribution >= 0.6 is 11.3 Å². The quantitative estimate of drug-likeness (QED) is 0.585. The van der Waals surface area contributed by atoms with E-state index in [0.29, 0.717) is 46.9 Å². The van der Waals surface area contributed by atoms with Crippen LogP contribution in [0, 0.1) is 24.5 Å². The maximum absolute atomic E-state index is 14.6. The molecule has 10 heteroatoms. The van der Waals surface area contributed by atoms with Gasteiger partial charge in [-0.1, -0.05) is 12.1 Å². The van der Waals surface area contributed by atoms with E-state index in [0.717, 1.165) is 6.07 Å². The van der Waals surface area contributed by atoms with E-state index in [1.165, 1.54) is 31.4 Å². The SMILES string of the molecule is CCOC(=O)C1=C([C@H]2CC=C(C(=O)OC)CC2)NC(c2nccs2)=NC1c1ccc(F)c(F)c1C. The van der Waals surface area contributed by atoms with Crippen LogP contribution < -0.4 is 5.32 Å². The Morgan fingerprint density at radius 1 is 1.26 bits per heavy atom. The molecular formula is C25H25F2N3O4S. The van der Waals surface area contributed by atoms with Crippen LogP contribution in [0.25, 0.3) is 0 Å². The minimum absolute atomic E-state index is 0.0665. The smallest absolute Gasteiger partial charge is 0.338 e. The standard InChI is InChI=1S/C25H25F2N3O4S/c1-4-34-25(32)18-20(14-5-7-15(8-6-14)24(31)33-3)29-22(23-28-11-12-35-23)30-21(18)16-9-10-17(26)19(27)13(16)2/h7,9-12,14,21H,4-6,8H2,1-3H3,(H,29,30)/t14-,21?/m0/s1. The van der Waals surface area contributed by atoms with Crippen molar-refractivity contribution in [1.29, 1.82) is 0 Å². The number of halogens is 2. The Bertz CT molecular complexity index is 1240. The average Bonchev–Trinajstić information content (AvgIpc) is 3.41. The molecule has 0 bridgehead atoms. The summed E-state index contributed by atoms with van der Waals surface area (Å²) in [5.74, 6) is -2.66. The second kappa shape index (κ2) is 10.5. The number of allylic oxidation sites excluding steroid dienone is 2. The van der Waals surface area contributed by atoms with Gasteiger partial charge in [0.25, 0.3) is 0 Å². The highest BCUT2D eigenvalue weighted by atomic mass is 32.1. The van der Waals surface area contributed by atoms with Crippen LogP contribution in [0.3, 0.4) is 0 Å². The van der Waals surface area contributed by atoms with Gasteiger partial charge in [0.1, 0.15) is 6.04 Å². The van der Waals surface area contributed by atoms with Crippen LogP contribution in [-0.4, -0.2) is 36.5 Å². The minimum Gasteiger partial charge on any atom is -0.466 e. The van der Waals surface area contributed by atoms with Gasteiger partial charge in [0.05, 0.1) is 19.3 Å². The largest absolute Gasteiger partial charge is 0.466 e. The number of hydrogen-bond acceptors (Lipinski definition) is 8. The summed E-state index contributed by atoms with van der Waals surface area (Å²) in [5.41, 5.74) is 1.83. The maximum Gasteiger partial charge on any atom is 0.338 e. The fraction of sp³-hybridized carbons (Fsp3) is 0.360. The Balaban J connectivity index is 1.86. The summed E-state index contributed by atoms with van der Waals surface area (Å²) >= 11 is 1.36. The maximum atomic E-state index is 14.6. The van der Waals surface area contributed by atoms with Gasteiger partial charge in [-0.05, 0) is 50.3 Å². The summed E-state index contributed by atoms with van der Waals surface area (Å²) in [6.45, 7) is 3.30. The van der Waals surface area contributed by atoms with Gasteiger partial charge >= 0.3 is 11.9 Å². The molecule has 1 aliphatic heterocycles. The predicted molar refractivity (Wildman–Crippen MR) is 127 cm³/mol. The number of carbonyl (C=O) groups is 2. The number of nitrogens with one attached hydrogen (secondary N) is 1. The molecule has 1 N–H and O–H groups in total. The molecule has 1 aromatic carbocycles. The molecule has 2 aromatic rings. The number of hydrogen-bond donors (Lipinski definition) is 1. The van der Waals surface area contributed by atoms with Crippen LogP contribution in [0.15, 0.2) is 51.6 Å². The molecule has 0 fully saturated rings. The van der Waals surface area contributed by atoms with Gasteiger partial charge in [-0.15, -0.1) is 11.3 Å². The monoisotopic (exact) mass is 501 g/mol. The van der Waals surface area contributed by atoms with Gasteiger partial charge < -0.3 is 14.8 Å². The third-order valence-corrected chi connectivity index (χ3v) is 6.93. The molecule has 2 atom stereocenters. The number of amidine groups is 1. The highest BCUT2D eigenvalue weighted by Crippen LogP contribution is 2.40. The van der Waals surface area contributed by atoms with Crippen LogP contribution in [-0.2, 0) is 19.1 Å². The summed E-state index contributed by atoms with van der Waals surface area (Å²) in [6.07, 6.45) is 4.96. The molecule has 0 spiro atoms. The lowest BCUT2D eigenvalue weighted by molar-refractivity contribution is -0.139. The number of aliphatic imine (C=N–C) groups is 1. The summed E-state index contributed by atoms with van der Waals surface area (Å²) in [6, 6.07) is 1.55. The van der Waals surface area contributed by atoms with Crippen molar-refractivity contribution in [3.63, 3.8) is 0 Å². The molecular weight excluding hydrogens is 476 g/mol. The summed E-state index contributed by atoms with van der Waals surface area (Å²) in [7, 11) is 1.34. The Kier molecular flexibility index (Phi) is 7.39. The van der Waals surface area contributed by atoms with Crippen molar-refractivity contribution in [1.82, 2.24) is 10.3 Å². The van der Waals surface area contributed by atoms with Crippen LogP contribution in [0.2, 0.25) is 0 Å². The lowest BCUT2D eigenvalue weighted by atomic mass is 9.82. The van der Waals surface area contributed by atoms with Crippen LogP contribution in [0.1, 0.15) is 48.4 Å². The molecule has 1 unspecified atom stereocenters.